The molecular formula is C9H15N3O. The predicted octanol–water partition coefficient (Wildman–Crippen LogP) is 0.0974. The van der Waals surface area contributed by atoms with Crippen LogP contribution >= 0.6 is 0 Å². The third-order valence-corrected chi connectivity index (χ3v) is 2.47. The van der Waals surface area contributed by atoms with Gasteiger partial charge in [-0.1, -0.05) is 0 Å². The molecule has 0 spiro atoms. The summed E-state index contributed by atoms with van der Waals surface area (Å²) in [6, 6.07) is 2.18. The molecule has 1 heterocycles. The van der Waals surface area contributed by atoms with Crippen molar-refractivity contribution < 1.29 is 4.79 Å². The number of piperidine rings is 1. The largest absolute Gasteiger partial charge is 0.369 e. The fourth-order valence-corrected chi connectivity index (χ4v) is 1.70. The average molecular weight is 181 g/mol. The van der Waals surface area contributed by atoms with Crippen molar-refractivity contribution in [3.63, 3.8) is 0 Å². The fourth-order valence-electron chi connectivity index (χ4n) is 1.70. The van der Waals surface area contributed by atoms with E-state index in [1.54, 1.807) is 0 Å². The highest BCUT2D eigenvalue weighted by Crippen LogP contribution is 2.19. The van der Waals surface area contributed by atoms with E-state index in [1.807, 2.05) is 0 Å². The van der Waals surface area contributed by atoms with Crippen LogP contribution in [-0.4, -0.2) is 30.4 Å². The van der Waals surface area contributed by atoms with Gasteiger partial charge in [0.2, 0.25) is 5.91 Å². The SMILES string of the molecule is N#CCC1CCN(CC(N)=O)CC1. The highest BCUT2D eigenvalue weighted by atomic mass is 16.1. The van der Waals surface area contributed by atoms with Gasteiger partial charge in [-0.05, 0) is 31.8 Å². The molecule has 1 fully saturated rings. The lowest BCUT2D eigenvalue weighted by Gasteiger charge is -2.29. The van der Waals surface area contributed by atoms with Crippen LogP contribution < -0.4 is 5.73 Å². The van der Waals surface area contributed by atoms with Gasteiger partial charge in [0.05, 0.1) is 12.6 Å². The first kappa shape index (κ1) is 10.0. The van der Waals surface area contributed by atoms with Crippen LogP contribution in [0.15, 0.2) is 0 Å². The standard InChI is InChI=1S/C9H15N3O/c10-4-1-8-2-5-12(6-3-8)7-9(11)13/h8H,1-3,5-7H2,(H2,11,13). The van der Waals surface area contributed by atoms with E-state index in [2.05, 4.69) is 11.0 Å². The molecule has 0 radical (unpaired) electrons. The molecule has 0 aromatic rings. The molecular weight excluding hydrogens is 166 g/mol. The molecule has 1 rings (SSSR count). The van der Waals surface area contributed by atoms with E-state index in [0.29, 0.717) is 18.9 Å². The number of carbonyl (C=O) groups is 1. The molecule has 0 aromatic heterocycles. The predicted molar refractivity (Wildman–Crippen MR) is 48.6 cm³/mol. The van der Waals surface area contributed by atoms with Crippen molar-refractivity contribution in [1.29, 1.82) is 5.26 Å². The molecule has 0 saturated carbocycles. The van der Waals surface area contributed by atoms with Gasteiger partial charge in [-0.15, -0.1) is 0 Å². The Morgan fingerprint density at radius 2 is 2.15 bits per heavy atom. The van der Waals surface area contributed by atoms with Crippen molar-refractivity contribution in [3.05, 3.63) is 0 Å². The summed E-state index contributed by atoms with van der Waals surface area (Å²) in [5.74, 6) is 0.257. The minimum Gasteiger partial charge on any atom is -0.369 e. The summed E-state index contributed by atoms with van der Waals surface area (Å²) in [5, 5.41) is 8.49. The fraction of sp³-hybridized carbons (Fsp3) is 0.778. The molecule has 1 aliphatic rings. The minimum absolute atomic E-state index is 0.265. The van der Waals surface area contributed by atoms with E-state index in [9.17, 15) is 4.79 Å². The number of amides is 1. The monoisotopic (exact) mass is 181 g/mol. The number of primary amides is 1. The molecule has 0 atom stereocenters. The minimum atomic E-state index is -0.265. The maximum absolute atomic E-state index is 10.6. The number of hydrogen-bond acceptors (Lipinski definition) is 3. The number of nitriles is 1. The van der Waals surface area contributed by atoms with Crippen LogP contribution in [0, 0.1) is 17.2 Å². The second-order valence-corrected chi connectivity index (χ2v) is 3.55. The maximum atomic E-state index is 10.6. The first-order valence-corrected chi connectivity index (χ1v) is 4.60. The Bertz CT molecular complexity index is 213. The van der Waals surface area contributed by atoms with Crippen LogP contribution in [0.1, 0.15) is 19.3 Å². The zero-order valence-electron chi connectivity index (χ0n) is 7.70. The van der Waals surface area contributed by atoms with E-state index >= 15 is 0 Å². The summed E-state index contributed by atoms with van der Waals surface area (Å²) in [5.41, 5.74) is 5.08. The smallest absolute Gasteiger partial charge is 0.231 e. The van der Waals surface area contributed by atoms with Crippen molar-refractivity contribution in [2.45, 2.75) is 19.3 Å². The number of nitrogens with two attached hydrogens (primary N) is 1. The highest BCUT2D eigenvalue weighted by molar-refractivity contribution is 5.75. The molecule has 2 N–H and O–H groups in total. The van der Waals surface area contributed by atoms with Gasteiger partial charge in [-0.3, -0.25) is 9.69 Å². The van der Waals surface area contributed by atoms with Crippen molar-refractivity contribution in [3.8, 4) is 6.07 Å². The van der Waals surface area contributed by atoms with E-state index in [4.69, 9.17) is 11.0 Å². The maximum Gasteiger partial charge on any atom is 0.231 e. The second kappa shape index (κ2) is 4.83. The van der Waals surface area contributed by atoms with Crippen LogP contribution in [0.5, 0.6) is 0 Å². The molecule has 13 heavy (non-hydrogen) atoms. The molecule has 4 nitrogen and oxygen atoms in total. The molecule has 0 aromatic carbocycles. The molecule has 1 amide bonds. The first-order valence-electron chi connectivity index (χ1n) is 4.60. The summed E-state index contributed by atoms with van der Waals surface area (Å²) < 4.78 is 0. The Kier molecular flexibility index (Phi) is 3.71. The number of nitrogens with zero attached hydrogens (tertiary/aromatic N) is 2. The Labute approximate surface area is 78.3 Å². The molecule has 72 valence electrons. The van der Waals surface area contributed by atoms with Crippen molar-refractivity contribution >= 4 is 5.91 Å². The van der Waals surface area contributed by atoms with Gasteiger partial charge in [-0.25, -0.2) is 0 Å². The zero-order chi connectivity index (χ0) is 9.68. The number of carbonyl (C=O) groups excluding carboxylic acids is 1. The van der Waals surface area contributed by atoms with Gasteiger partial charge in [0.1, 0.15) is 0 Å². The van der Waals surface area contributed by atoms with E-state index in [0.717, 1.165) is 25.9 Å². The molecule has 1 saturated heterocycles. The quantitative estimate of drug-likeness (QED) is 0.671. The summed E-state index contributed by atoms with van der Waals surface area (Å²) in [4.78, 5) is 12.7. The second-order valence-electron chi connectivity index (χ2n) is 3.55. The van der Waals surface area contributed by atoms with E-state index < -0.39 is 0 Å². The average Bonchev–Trinajstić information content (AvgIpc) is 2.08. The molecule has 0 bridgehead atoms. The van der Waals surface area contributed by atoms with Gasteiger partial charge < -0.3 is 5.73 Å². The zero-order valence-corrected chi connectivity index (χ0v) is 7.70. The lowest BCUT2D eigenvalue weighted by atomic mass is 9.94. The summed E-state index contributed by atoms with van der Waals surface area (Å²) in [6.07, 6.45) is 2.67. The molecule has 0 unspecified atom stereocenters. The van der Waals surface area contributed by atoms with Crippen molar-refractivity contribution in [2.75, 3.05) is 19.6 Å². The third-order valence-electron chi connectivity index (χ3n) is 2.47. The topological polar surface area (TPSA) is 70.1 Å². The highest BCUT2D eigenvalue weighted by Gasteiger charge is 2.19. The molecule has 4 heteroatoms. The summed E-state index contributed by atoms with van der Waals surface area (Å²) in [7, 11) is 0. The number of hydrogen-bond donors (Lipinski definition) is 1. The van der Waals surface area contributed by atoms with Crippen molar-refractivity contribution in [2.24, 2.45) is 11.7 Å². The normalized spacial score (nSPS) is 19.6. The molecule has 1 aliphatic heterocycles. The third kappa shape index (κ3) is 3.43. The van der Waals surface area contributed by atoms with Crippen LogP contribution in [0.25, 0.3) is 0 Å². The van der Waals surface area contributed by atoms with Gasteiger partial charge in [-0.2, -0.15) is 5.26 Å². The van der Waals surface area contributed by atoms with Gasteiger partial charge in [0.15, 0.2) is 0 Å². The Morgan fingerprint density at radius 3 is 2.62 bits per heavy atom. The Morgan fingerprint density at radius 1 is 1.54 bits per heavy atom. The number of likely N-dealkylation sites (tertiary alicyclic amines) is 1. The van der Waals surface area contributed by atoms with Crippen LogP contribution in [0.2, 0.25) is 0 Å². The van der Waals surface area contributed by atoms with Crippen LogP contribution in [-0.2, 0) is 4.79 Å². The van der Waals surface area contributed by atoms with E-state index in [-0.39, 0.29) is 5.91 Å². The summed E-state index contributed by atoms with van der Waals surface area (Å²) >= 11 is 0. The van der Waals surface area contributed by atoms with Gasteiger partial charge in [0.25, 0.3) is 0 Å². The van der Waals surface area contributed by atoms with Crippen LogP contribution in [0.3, 0.4) is 0 Å². The summed E-state index contributed by atoms with van der Waals surface area (Å²) in [6.45, 7) is 2.16. The van der Waals surface area contributed by atoms with Gasteiger partial charge in [0, 0.05) is 6.42 Å². The lowest BCUT2D eigenvalue weighted by Crippen LogP contribution is -2.39. The number of rotatable bonds is 3. The molecule has 0 aliphatic carbocycles. The van der Waals surface area contributed by atoms with Crippen molar-refractivity contribution in [1.82, 2.24) is 4.90 Å². The lowest BCUT2D eigenvalue weighted by molar-refractivity contribution is -0.119. The van der Waals surface area contributed by atoms with E-state index in [1.165, 1.54) is 0 Å². The Hall–Kier alpha value is -1.08. The first-order chi connectivity index (χ1) is 6.22. The van der Waals surface area contributed by atoms with Crippen LogP contribution in [0.4, 0.5) is 0 Å². The Balaban J connectivity index is 2.23. The van der Waals surface area contributed by atoms with Gasteiger partial charge >= 0.3 is 0 Å².